The van der Waals surface area contributed by atoms with Gasteiger partial charge in [-0.2, -0.15) is 0 Å². The molecule has 0 saturated carbocycles. The Kier molecular flexibility index (Phi) is 4.83. The summed E-state index contributed by atoms with van der Waals surface area (Å²) in [5.41, 5.74) is 1.93. The number of nitrogens with one attached hydrogen (secondary N) is 1. The van der Waals surface area contributed by atoms with Crippen LogP contribution in [0.5, 0.6) is 0 Å². The second-order valence-electron chi connectivity index (χ2n) is 5.32. The van der Waals surface area contributed by atoms with Gasteiger partial charge in [0.2, 0.25) is 0 Å². The van der Waals surface area contributed by atoms with Crippen molar-refractivity contribution in [1.82, 2.24) is 20.2 Å². The monoisotopic (exact) mass is 312 g/mol. The largest absolute Gasteiger partial charge is 0.450 e. The Bertz CT molecular complexity index is 663. The van der Waals surface area contributed by atoms with E-state index in [1.807, 2.05) is 43.3 Å². The number of hydrogen-bond donors (Lipinski definition) is 1. The first kappa shape index (κ1) is 15.4. The molecule has 1 aromatic carbocycles. The molecule has 1 unspecified atom stereocenters. The van der Waals surface area contributed by atoms with E-state index in [2.05, 4.69) is 15.3 Å². The van der Waals surface area contributed by atoms with E-state index in [-0.39, 0.29) is 12.1 Å². The number of amides is 1. The number of aromatic nitrogens is 2. The van der Waals surface area contributed by atoms with Gasteiger partial charge in [0.25, 0.3) is 0 Å². The fraction of sp³-hybridized carbons (Fsp3) is 0.353. The Balaban J connectivity index is 1.77. The van der Waals surface area contributed by atoms with Gasteiger partial charge in [0.05, 0.1) is 18.3 Å². The molecule has 2 heterocycles. The third-order valence-electron chi connectivity index (χ3n) is 3.76. The predicted octanol–water partition coefficient (Wildman–Crippen LogP) is 2.25. The molecule has 3 rings (SSSR count). The van der Waals surface area contributed by atoms with Crippen LogP contribution in [0.2, 0.25) is 0 Å². The topological polar surface area (TPSA) is 67.3 Å². The zero-order chi connectivity index (χ0) is 16.1. The van der Waals surface area contributed by atoms with Crippen molar-refractivity contribution >= 4 is 6.09 Å². The van der Waals surface area contributed by atoms with Crippen LogP contribution < -0.4 is 5.32 Å². The number of hydrogen-bond acceptors (Lipinski definition) is 5. The van der Waals surface area contributed by atoms with E-state index in [4.69, 9.17) is 4.74 Å². The molecule has 1 atom stereocenters. The van der Waals surface area contributed by atoms with Gasteiger partial charge in [-0.3, -0.25) is 0 Å². The van der Waals surface area contributed by atoms with Gasteiger partial charge in [-0.05, 0) is 13.0 Å². The number of nitrogens with zero attached hydrogens (tertiary/aromatic N) is 3. The molecular formula is C17H20N4O2. The van der Waals surface area contributed by atoms with Crippen LogP contribution in [0.25, 0.3) is 11.3 Å². The minimum atomic E-state index is -0.279. The van der Waals surface area contributed by atoms with Crippen molar-refractivity contribution in [3.63, 3.8) is 0 Å². The minimum absolute atomic E-state index is 0.0863. The molecule has 0 aliphatic carbocycles. The van der Waals surface area contributed by atoms with Crippen LogP contribution in [0.4, 0.5) is 4.79 Å². The van der Waals surface area contributed by atoms with Crippen LogP contribution in [0, 0.1) is 0 Å². The molecule has 0 radical (unpaired) electrons. The van der Waals surface area contributed by atoms with E-state index < -0.39 is 0 Å². The summed E-state index contributed by atoms with van der Waals surface area (Å²) in [7, 11) is 0. The zero-order valence-electron chi connectivity index (χ0n) is 13.1. The average molecular weight is 312 g/mol. The molecule has 1 aliphatic heterocycles. The summed E-state index contributed by atoms with van der Waals surface area (Å²) in [5, 5.41) is 3.37. The molecule has 2 aromatic rings. The van der Waals surface area contributed by atoms with E-state index >= 15 is 0 Å². The van der Waals surface area contributed by atoms with Crippen molar-refractivity contribution in [2.24, 2.45) is 0 Å². The molecule has 1 fully saturated rings. The van der Waals surface area contributed by atoms with Crippen LogP contribution >= 0.6 is 0 Å². The maximum Gasteiger partial charge on any atom is 0.409 e. The van der Waals surface area contributed by atoms with Crippen molar-refractivity contribution in [2.75, 3.05) is 26.2 Å². The maximum atomic E-state index is 11.9. The van der Waals surface area contributed by atoms with Gasteiger partial charge in [-0.1, -0.05) is 30.3 Å². The van der Waals surface area contributed by atoms with E-state index in [0.717, 1.165) is 11.3 Å². The molecule has 6 heteroatoms. The van der Waals surface area contributed by atoms with Crippen molar-refractivity contribution < 1.29 is 9.53 Å². The van der Waals surface area contributed by atoms with Gasteiger partial charge in [0.15, 0.2) is 0 Å². The molecule has 23 heavy (non-hydrogen) atoms. The lowest BCUT2D eigenvalue weighted by Gasteiger charge is -2.32. The van der Waals surface area contributed by atoms with Crippen LogP contribution in [0.1, 0.15) is 18.8 Å². The average Bonchev–Trinajstić information content (AvgIpc) is 2.63. The minimum Gasteiger partial charge on any atom is -0.450 e. The van der Waals surface area contributed by atoms with Crippen molar-refractivity contribution in [3.8, 4) is 11.3 Å². The smallest absolute Gasteiger partial charge is 0.409 e. The Morgan fingerprint density at radius 1 is 1.35 bits per heavy atom. The van der Waals surface area contributed by atoms with E-state index in [0.29, 0.717) is 32.1 Å². The van der Waals surface area contributed by atoms with Crippen LogP contribution in [0.3, 0.4) is 0 Å². The van der Waals surface area contributed by atoms with E-state index in [9.17, 15) is 4.79 Å². The van der Waals surface area contributed by atoms with E-state index in [1.165, 1.54) is 0 Å². The highest BCUT2D eigenvalue weighted by Crippen LogP contribution is 2.19. The maximum absolute atomic E-state index is 11.9. The highest BCUT2D eigenvalue weighted by Gasteiger charge is 2.26. The summed E-state index contributed by atoms with van der Waals surface area (Å²) in [5.74, 6) is 0.695. The Hall–Kier alpha value is -2.47. The summed E-state index contributed by atoms with van der Waals surface area (Å²) < 4.78 is 5.08. The molecule has 1 aromatic heterocycles. The predicted molar refractivity (Wildman–Crippen MR) is 86.8 cm³/mol. The third kappa shape index (κ3) is 3.65. The van der Waals surface area contributed by atoms with Crippen molar-refractivity contribution in [1.29, 1.82) is 0 Å². The van der Waals surface area contributed by atoms with Gasteiger partial charge in [-0.15, -0.1) is 0 Å². The molecule has 1 N–H and O–H groups in total. The van der Waals surface area contributed by atoms with Gasteiger partial charge in [0.1, 0.15) is 5.82 Å². The highest BCUT2D eigenvalue weighted by molar-refractivity contribution is 5.67. The van der Waals surface area contributed by atoms with Crippen molar-refractivity contribution in [3.05, 3.63) is 48.4 Å². The number of benzene rings is 1. The van der Waals surface area contributed by atoms with E-state index in [1.54, 1.807) is 11.1 Å². The molecule has 0 spiro atoms. The number of ether oxygens (including phenoxy) is 1. The van der Waals surface area contributed by atoms with Crippen LogP contribution in [0.15, 0.2) is 42.6 Å². The second-order valence-corrected chi connectivity index (χ2v) is 5.32. The molecule has 1 amide bonds. The fourth-order valence-electron chi connectivity index (χ4n) is 2.61. The number of rotatable bonds is 3. The Labute approximate surface area is 135 Å². The summed E-state index contributed by atoms with van der Waals surface area (Å²) in [6.07, 6.45) is 1.48. The van der Waals surface area contributed by atoms with Crippen molar-refractivity contribution in [2.45, 2.75) is 13.0 Å². The van der Waals surface area contributed by atoms with Gasteiger partial charge in [0, 0.05) is 31.4 Å². The Morgan fingerprint density at radius 3 is 2.96 bits per heavy atom. The quantitative estimate of drug-likeness (QED) is 0.941. The summed E-state index contributed by atoms with van der Waals surface area (Å²) >= 11 is 0. The first-order valence-electron chi connectivity index (χ1n) is 7.81. The zero-order valence-corrected chi connectivity index (χ0v) is 13.1. The summed E-state index contributed by atoms with van der Waals surface area (Å²) in [6.45, 7) is 4.03. The number of piperazine rings is 1. The molecule has 1 aliphatic rings. The van der Waals surface area contributed by atoms with Gasteiger partial charge >= 0.3 is 6.09 Å². The summed E-state index contributed by atoms with van der Waals surface area (Å²) in [4.78, 5) is 22.6. The first-order valence-corrected chi connectivity index (χ1v) is 7.81. The normalized spacial score (nSPS) is 17.8. The second kappa shape index (κ2) is 7.19. The molecular weight excluding hydrogens is 292 g/mol. The number of carbonyl (C=O) groups excluding carboxylic acids is 1. The van der Waals surface area contributed by atoms with Crippen LogP contribution in [-0.4, -0.2) is 47.2 Å². The lowest BCUT2D eigenvalue weighted by atomic mass is 10.1. The fourth-order valence-corrected chi connectivity index (χ4v) is 2.61. The van der Waals surface area contributed by atoms with Crippen LogP contribution in [-0.2, 0) is 4.74 Å². The highest BCUT2D eigenvalue weighted by atomic mass is 16.6. The Morgan fingerprint density at radius 2 is 2.17 bits per heavy atom. The molecule has 1 saturated heterocycles. The van der Waals surface area contributed by atoms with Gasteiger partial charge in [-0.25, -0.2) is 14.8 Å². The lowest BCUT2D eigenvalue weighted by molar-refractivity contribution is 0.0941. The standard InChI is InChI=1S/C17H20N4O2/c1-2-23-17(22)21-11-10-18-15(12-21)16-19-9-8-14(20-16)13-6-4-3-5-7-13/h3-9,15,18H,2,10-12H2,1H3. The van der Waals surface area contributed by atoms with Gasteiger partial charge < -0.3 is 15.0 Å². The third-order valence-corrected chi connectivity index (χ3v) is 3.76. The lowest BCUT2D eigenvalue weighted by Crippen LogP contribution is -2.48. The molecule has 6 nitrogen and oxygen atoms in total. The number of carbonyl (C=O) groups is 1. The molecule has 0 bridgehead atoms. The SMILES string of the molecule is CCOC(=O)N1CCNC(c2nccc(-c3ccccc3)n2)C1. The first-order chi connectivity index (χ1) is 11.3. The summed E-state index contributed by atoms with van der Waals surface area (Å²) in [6, 6.07) is 11.8. The molecule has 120 valence electrons.